The van der Waals surface area contributed by atoms with Crippen LogP contribution < -0.4 is 14.8 Å². The third-order valence-electron chi connectivity index (χ3n) is 3.22. The standard InChI is InChI=1S/C18H23NO3/c1-3-21-12-13-22-18-7-5-4-6-17(18)19-14-15-8-10-16(20-2)11-9-15/h4-11,19H,3,12-14H2,1-2H3. The lowest BCUT2D eigenvalue weighted by Crippen LogP contribution is -2.08. The largest absolute Gasteiger partial charge is 0.497 e. The Morgan fingerprint density at radius 1 is 0.955 bits per heavy atom. The van der Waals surface area contributed by atoms with E-state index in [2.05, 4.69) is 5.32 Å². The monoisotopic (exact) mass is 301 g/mol. The fourth-order valence-corrected chi connectivity index (χ4v) is 2.03. The van der Waals surface area contributed by atoms with Gasteiger partial charge >= 0.3 is 0 Å². The molecule has 0 bridgehead atoms. The van der Waals surface area contributed by atoms with Gasteiger partial charge in [0.25, 0.3) is 0 Å². The normalized spacial score (nSPS) is 10.3. The Kier molecular flexibility index (Phi) is 6.58. The van der Waals surface area contributed by atoms with Crippen molar-refractivity contribution in [2.45, 2.75) is 13.5 Å². The Morgan fingerprint density at radius 2 is 1.73 bits per heavy atom. The molecule has 0 heterocycles. The van der Waals surface area contributed by atoms with Crippen LogP contribution in [0.15, 0.2) is 48.5 Å². The van der Waals surface area contributed by atoms with Crippen LogP contribution in [0, 0.1) is 0 Å². The zero-order chi connectivity index (χ0) is 15.6. The van der Waals surface area contributed by atoms with Gasteiger partial charge in [0, 0.05) is 13.2 Å². The zero-order valence-corrected chi connectivity index (χ0v) is 13.2. The van der Waals surface area contributed by atoms with Crippen molar-refractivity contribution in [3.63, 3.8) is 0 Å². The smallest absolute Gasteiger partial charge is 0.142 e. The van der Waals surface area contributed by atoms with Gasteiger partial charge in [-0.25, -0.2) is 0 Å². The van der Waals surface area contributed by atoms with Crippen LogP contribution in [0.1, 0.15) is 12.5 Å². The summed E-state index contributed by atoms with van der Waals surface area (Å²) in [5.41, 5.74) is 2.17. The van der Waals surface area contributed by atoms with Gasteiger partial charge in [-0.1, -0.05) is 24.3 Å². The molecule has 0 aromatic heterocycles. The van der Waals surface area contributed by atoms with E-state index in [9.17, 15) is 0 Å². The number of nitrogens with one attached hydrogen (secondary N) is 1. The zero-order valence-electron chi connectivity index (χ0n) is 13.2. The minimum absolute atomic E-state index is 0.551. The summed E-state index contributed by atoms with van der Waals surface area (Å²) in [4.78, 5) is 0. The van der Waals surface area contributed by atoms with Gasteiger partial charge in [0.2, 0.25) is 0 Å². The first-order valence-corrected chi connectivity index (χ1v) is 7.50. The molecule has 2 aromatic rings. The Balaban J connectivity index is 1.91. The van der Waals surface area contributed by atoms with Crippen LogP contribution in [0.2, 0.25) is 0 Å². The maximum absolute atomic E-state index is 5.76. The molecule has 0 fully saturated rings. The quantitative estimate of drug-likeness (QED) is 0.717. The predicted molar refractivity (Wildman–Crippen MR) is 88.8 cm³/mol. The summed E-state index contributed by atoms with van der Waals surface area (Å²) in [5.74, 6) is 1.71. The topological polar surface area (TPSA) is 39.7 Å². The van der Waals surface area contributed by atoms with Gasteiger partial charge in [0.1, 0.15) is 18.1 Å². The number of hydrogen-bond donors (Lipinski definition) is 1. The second kappa shape index (κ2) is 8.95. The number of anilines is 1. The van der Waals surface area contributed by atoms with E-state index in [0.29, 0.717) is 19.8 Å². The minimum atomic E-state index is 0.551. The van der Waals surface area contributed by atoms with Crippen molar-refractivity contribution in [1.82, 2.24) is 0 Å². The molecule has 0 aliphatic carbocycles. The van der Waals surface area contributed by atoms with Gasteiger partial charge < -0.3 is 19.5 Å². The molecule has 2 aromatic carbocycles. The summed E-state index contributed by atoms with van der Waals surface area (Å²) in [7, 11) is 1.67. The van der Waals surface area contributed by atoms with Gasteiger partial charge in [-0.15, -0.1) is 0 Å². The molecule has 0 saturated heterocycles. The molecular weight excluding hydrogens is 278 g/mol. The molecule has 0 aliphatic rings. The van der Waals surface area contributed by atoms with E-state index in [4.69, 9.17) is 14.2 Å². The number of rotatable bonds is 9. The first kappa shape index (κ1) is 16.2. The van der Waals surface area contributed by atoms with Crippen molar-refractivity contribution in [3.8, 4) is 11.5 Å². The molecule has 0 saturated carbocycles. The van der Waals surface area contributed by atoms with E-state index in [1.165, 1.54) is 5.56 Å². The summed E-state index contributed by atoms with van der Waals surface area (Å²) < 4.78 is 16.2. The molecule has 118 valence electrons. The van der Waals surface area contributed by atoms with Crippen LogP contribution in [0.25, 0.3) is 0 Å². The van der Waals surface area contributed by atoms with Gasteiger partial charge in [-0.05, 0) is 36.8 Å². The highest BCUT2D eigenvalue weighted by atomic mass is 16.5. The number of para-hydroxylation sites is 2. The molecule has 0 unspecified atom stereocenters. The average molecular weight is 301 g/mol. The molecule has 22 heavy (non-hydrogen) atoms. The van der Waals surface area contributed by atoms with Crippen molar-refractivity contribution in [2.24, 2.45) is 0 Å². The van der Waals surface area contributed by atoms with Crippen LogP contribution in [0.3, 0.4) is 0 Å². The fraction of sp³-hybridized carbons (Fsp3) is 0.333. The lowest BCUT2D eigenvalue weighted by molar-refractivity contribution is 0.110. The number of benzene rings is 2. The lowest BCUT2D eigenvalue weighted by Gasteiger charge is -2.13. The first-order chi connectivity index (χ1) is 10.8. The fourth-order valence-electron chi connectivity index (χ4n) is 2.03. The van der Waals surface area contributed by atoms with Crippen LogP contribution in [-0.4, -0.2) is 26.9 Å². The third kappa shape index (κ3) is 4.97. The van der Waals surface area contributed by atoms with E-state index in [0.717, 1.165) is 23.7 Å². The molecular formula is C18H23NO3. The molecule has 0 radical (unpaired) electrons. The Labute approximate surface area is 132 Å². The number of ether oxygens (including phenoxy) is 3. The van der Waals surface area contributed by atoms with Gasteiger partial charge in [-0.2, -0.15) is 0 Å². The summed E-state index contributed by atoms with van der Waals surface area (Å²) in [5, 5.41) is 3.40. The van der Waals surface area contributed by atoms with Gasteiger partial charge in [0.05, 0.1) is 19.4 Å². The van der Waals surface area contributed by atoms with Crippen molar-refractivity contribution in [2.75, 3.05) is 32.2 Å². The summed E-state index contributed by atoms with van der Waals surface area (Å²) in [6.07, 6.45) is 0. The molecule has 0 atom stereocenters. The van der Waals surface area contributed by atoms with Crippen LogP contribution in [-0.2, 0) is 11.3 Å². The molecule has 1 N–H and O–H groups in total. The van der Waals surface area contributed by atoms with Crippen molar-refractivity contribution in [1.29, 1.82) is 0 Å². The van der Waals surface area contributed by atoms with Crippen molar-refractivity contribution < 1.29 is 14.2 Å². The van der Waals surface area contributed by atoms with E-state index in [-0.39, 0.29) is 0 Å². The molecule has 0 amide bonds. The number of hydrogen-bond acceptors (Lipinski definition) is 4. The second-order valence-electron chi connectivity index (χ2n) is 4.74. The maximum atomic E-state index is 5.76. The summed E-state index contributed by atoms with van der Waals surface area (Å²) in [6, 6.07) is 15.9. The highest BCUT2D eigenvalue weighted by Gasteiger charge is 2.03. The van der Waals surface area contributed by atoms with E-state index in [1.807, 2.05) is 55.5 Å². The van der Waals surface area contributed by atoms with Crippen LogP contribution in [0.4, 0.5) is 5.69 Å². The molecule has 4 heteroatoms. The summed E-state index contributed by atoms with van der Waals surface area (Å²) in [6.45, 7) is 4.57. The molecule has 2 rings (SSSR count). The average Bonchev–Trinajstić information content (AvgIpc) is 2.58. The third-order valence-corrected chi connectivity index (χ3v) is 3.22. The summed E-state index contributed by atoms with van der Waals surface area (Å²) >= 11 is 0. The maximum Gasteiger partial charge on any atom is 0.142 e. The Hall–Kier alpha value is -2.20. The van der Waals surface area contributed by atoms with E-state index in [1.54, 1.807) is 7.11 Å². The molecule has 0 aliphatic heterocycles. The SMILES string of the molecule is CCOCCOc1ccccc1NCc1ccc(OC)cc1. The first-order valence-electron chi connectivity index (χ1n) is 7.50. The van der Waals surface area contributed by atoms with Crippen molar-refractivity contribution in [3.05, 3.63) is 54.1 Å². The molecule has 4 nitrogen and oxygen atoms in total. The Morgan fingerprint density at radius 3 is 2.45 bits per heavy atom. The minimum Gasteiger partial charge on any atom is -0.497 e. The highest BCUT2D eigenvalue weighted by molar-refractivity contribution is 5.56. The lowest BCUT2D eigenvalue weighted by atomic mass is 10.2. The van der Waals surface area contributed by atoms with Gasteiger partial charge in [-0.3, -0.25) is 0 Å². The Bertz CT molecular complexity index is 555. The molecule has 0 spiro atoms. The van der Waals surface area contributed by atoms with Gasteiger partial charge in [0.15, 0.2) is 0 Å². The van der Waals surface area contributed by atoms with Crippen LogP contribution >= 0.6 is 0 Å². The highest BCUT2D eigenvalue weighted by Crippen LogP contribution is 2.24. The predicted octanol–water partition coefficient (Wildman–Crippen LogP) is 3.72. The van der Waals surface area contributed by atoms with Crippen molar-refractivity contribution >= 4 is 5.69 Å². The number of methoxy groups -OCH3 is 1. The van der Waals surface area contributed by atoms with E-state index < -0.39 is 0 Å². The second-order valence-corrected chi connectivity index (χ2v) is 4.74. The van der Waals surface area contributed by atoms with Crippen LogP contribution in [0.5, 0.6) is 11.5 Å². The van der Waals surface area contributed by atoms with E-state index >= 15 is 0 Å².